The minimum Gasteiger partial charge on any atom is -0.471 e. The molecule has 4 aliphatic rings. The van der Waals surface area contributed by atoms with Crippen LogP contribution in [0.3, 0.4) is 0 Å². The molecule has 5 atom stereocenters. The molecule has 0 spiro atoms. The highest BCUT2D eigenvalue weighted by Crippen LogP contribution is 2.36. The van der Waals surface area contributed by atoms with E-state index in [9.17, 15) is 32.0 Å². The van der Waals surface area contributed by atoms with Crippen molar-refractivity contribution >= 4 is 44.7 Å². The Morgan fingerprint density at radius 1 is 1.08 bits per heavy atom. The summed E-state index contributed by atoms with van der Waals surface area (Å²) in [5, 5.41) is 8.54. The number of rotatable bonds is 7. The number of aromatic nitrogens is 3. The van der Waals surface area contributed by atoms with Crippen LogP contribution >= 0.6 is 0 Å². The largest absolute Gasteiger partial charge is 0.471 e. The summed E-state index contributed by atoms with van der Waals surface area (Å²) in [7, 11) is -3.96. The zero-order valence-corrected chi connectivity index (χ0v) is 29.1. The van der Waals surface area contributed by atoms with Crippen molar-refractivity contribution in [3.05, 3.63) is 72.0 Å². The summed E-state index contributed by atoms with van der Waals surface area (Å²) in [5.74, 6) is -3.89. The highest BCUT2D eigenvalue weighted by atomic mass is 32.2. The molecule has 3 aromatic rings. The van der Waals surface area contributed by atoms with Gasteiger partial charge in [0.05, 0.1) is 22.8 Å². The molecule has 17 heteroatoms. The molecule has 0 radical (unpaired) electrons. The van der Waals surface area contributed by atoms with Gasteiger partial charge in [0, 0.05) is 24.5 Å². The summed E-state index contributed by atoms with van der Waals surface area (Å²) in [5.41, 5.74) is -0.657. The van der Waals surface area contributed by atoms with Gasteiger partial charge in [0.1, 0.15) is 41.5 Å². The molecule has 2 aliphatic carbocycles. The van der Waals surface area contributed by atoms with Crippen molar-refractivity contribution in [2.75, 3.05) is 6.54 Å². The van der Waals surface area contributed by atoms with E-state index < -0.39 is 74.4 Å². The van der Waals surface area contributed by atoms with Crippen molar-refractivity contribution in [3.63, 3.8) is 0 Å². The smallest absolute Gasteiger partial charge is 0.274 e. The maximum absolute atomic E-state index is 14.4. The van der Waals surface area contributed by atoms with Gasteiger partial charge in [-0.05, 0) is 51.2 Å². The molecule has 1 saturated heterocycles. The number of sulfonamides is 1. The van der Waals surface area contributed by atoms with E-state index >= 15 is 0 Å². The number of nitrogens with one attached hydrogen (secondary N) is 3. The number of benzene rings is 1. The van der Waals surface area contributed by atoms with Crippen LogP contribution in [0.2, 0.25) is 0 Å². The second kappa shape index (κ2) is 14.1. The van der Waals surface area contributed by atoms with Gasteiger partial charge in [0.25, 0.3) is 11.8 Å². The Hall–Kier alpha value is -5.19. The summed E-state index contributed by atoms with van der Waals surface area (Å²) in [6.45, 7) is 1.56. The van der Waals surface area contributed by atoms with Crippen LogP contribution in [0.1, 0.15) is 67.5 Å². The van der Waals surface area contributed by atoms with Crippen molar-refractivity contribution in [1.29, 1.82) is 0 Å². The number of allylic oxidation sites excluding steroid dienone is 1. The molecule has 4 heterocycles. The predicted octanol–water partition coefficient (Wildman–Crippen LogP) is 2.38. The van der Waals surface area contributed by atoms with Crippen molar-refractivity contribution in [1.82, 2.24) is 35.4 Å². The fraction of sp³-hybridized carbons (Fsp3) is 0.457. The molecular formula is C35H38FN7O8S. The number of halogens is 1. The first-order valence-electron chi connectivity index (χ1n) is 17.3. The normalized spacial score (nSPS) is 26.7. The molecule has 2 aromatic heterocycles. The molecule has 1 saturated carbocycles. The average Bonchev–Trinajstić information content (AvgIpc) is 3.66. The molecule has 52 heavy (non-hydrogen) atoms. The molecule has 5 unspecified atom stereocenters. The summed E-state index contributed by atoms with van der Waals surface area (Å²) in [4.78, 5) is 65.9. The van der Waals surface area contributed by atoms with Gasteiger partial charge in [-0.25, -0.2) is 22.8 Å². The van der Waals surface area contributed by atoms with Gasteiger partial charge in [-0.15, -0.1) is 0 Å². The third kappa shape index (κ3) is 7.13. The van der Waals surface area contributed by atoms with Crippen molar-refractivity contribution < 1.29 is 41.2 Å². The highest BCUT2D eigenvalue weighted by Gasteiger charge is 2.53. The van der Waals surface area contributed by atoms with E-state index in [1.54, 1.807) is 19.1 Å². The SMILES string of the molecule is Cc1nc2ccc(F)cc2nc1OC1CC2C(=O)NC3(C(=O)NS(=O)(=O)C4CC4)C=CC3C=CCCCCCC(NC(=O)c3ccon3)C(=O)N2C1. The minimum absolute atomic E-state index is 0.0236. The zero-order chi connectivity index (χ0) is 36.6. The summed E-state index contributed by atoms with van der Waals surface area (Å²) >= 11 is 0. The van der Waals surface area contributed by atoms with Crippen LogP contribution in [-0.4, -0.2) is 87.6 Å². The number of carbonyl (C=O) groups excluding carboxylic acids is 4. The lowest BCUT2D eigenvalue weighted by Gasteiger charge is -2.42. The molecule has 0 bridgehead atoms. The van der Waals surface area contributed by atoms with E-state index in [4.69, 9.17) is 9.26 Å². The Kier molecular flexibility index (Phi) is 9.54. The van der Waals surface area contributed by atoms with Gasteiger partial charge < -0.3 is 24.8 Å². The number of ether oxygens (including phenoxy) is 1. The lowest BCUT2D eigenvalue weighted by atomic mass is 9.73. The third-order valence-corrected chi connectivity index (χ3v) is 11.7. The topological polar surface area (TPSA) is 203 Å². The molecule has 274 valence electrons. The van der Waals surface area contributed by atoms with Gasteiger partial charge in [-0.3, -0.25) is 23.9 Å². The average molecular weight is 736 g/mol. The molecular weight excluding hydrogens is 697 g/mol. The van der Waals surface area contributed by atoms with Crippen LogP contribution in [-0.2, 0) is 24.4 Å². The second-order valence-corrected chi connectivity index (χ2v) is 15.6. The summed E-state index contributed by atoms with van der Waals surface area (Å²) < 4.78 is 52.9. The Labute approximate surface area is 298 Å². The van der Waals surface area contributed by atoms with Gasteiger partial charge >= 0.3 is 0 Å². The third-order valence-electron chi connectivity index (χ3n) is 9.86. The van der Waals surface area contributed by atoms with Crippen LogP contribution in [0.25, 0.3) is 11.0 Å². The highest BCUT2D eigenvalue weighted by molar-refractivity contribution is 7.91. The summed E-state index contributed by atoms with van der Waals surface area (Å²) in [6, 6.07) is 3.09. The molecule has 7 rings (SSSR count). The lowest BCUT2D eigenvalue weighted by Crippen LogP contribution is -2.67. The molecule has 4 amide bonds. The first-order valence-corrected chi connectivity index (χ1v) is 18.8. The molecule has 2 fully saturated rings. The number of hydrogen-bond donors (Lipinski definition) is 3. The Morgan fingerprint density at radius 3 is 2.63 bits per heavy atom. The maximum atomic E-state index is 14.4. The number of fused-ring (bicyclic) bond motifs is 3. The Balaban J connectivity index is 1.21. The Bertz CT molecular complexity index is 2070. The van der Waals surface area contributed by atoms with E-state index in [0.717, 1.165) is 6.42 Å². The molecule has 3 N–H and O–H groups in total. The fourth-order valence-corrected chi connectivity index (χ4v) is 8.13. The predicted molar refractivity (Wildman–Crippen MR) is 182 cm³/mol. The number of amides is 4. The fourth-order valence-electron chi connectivity index (χ4n) is 6.78. The van der Waals surface area contributed by atoms with E-state index in [-0.39, 0.29) is 36.5 Å². The van der Waals surface area contributed by atoms with Crippen molar-refractivity contribution in [2.45, 2.75) is 87.3 Å². The van der Waals surface area contributed by atoms with Crippen LogP contribution in [0.15, 0.2) is 59.4 Å². The molecule has 1 aromatic carbocycles. The van der Waals surface area contributed by atoms with Gasteiger partial charge in [0.15, 0.2) is 5.69 Å². The number of hydrogen-bond acceptors (Lipinski definition) is 11. The quantitative estimate of drug-likeness (QED) is 0.301. The van der Waals surface area contributed by atoms with Crippen molar-refractivity contribution in [3.8, 4) is 5.88 Å². The standard InChI is InChI=1S/C35H38FN7O8S/c1-20-32(39-28-17-22(36)9-12-25(28)37-20)51-23-18-29-31(45)40-35(34(47)42-52(48,49)24-10-11-24)15-13-21(35)7-5-3-2-4-6-8-27(33(46)43(29)19-23)38-30(44)26-14-16-50-41-26/h5,7,9,12-17,21,23-24,27,29H,2-4,6,8,10-11,18-19H2,1H3,(H,38,44)(H,40,45)(H,42,47). The zero-order valence-electron chi connectivity index (χ0n) is 28.3. The van der Waals surface area contributed by atoms with Crippen LogP contribution in [0.5, 0.6) is 5.88 Å². The number of aryl methyl sites for hydroxylation is 1. The minimum atomic E-state index is -3.96. The second-order valence-electron chi connectivity index (χ2n) is 13.6. The lowest BCUT2D eigenvalue weighted by molar-refractivity contribution is -0.142. The number of nitrogens with zero attached hydrogens (tertiary/aromatic N) is 4. The van der Waals surface area contributed by atoms with Crippen LogP contribution < -0.4 is 20.1 Å². The monoisotopic (exact) mass is 735 g/mol. The van der Waals surface area contributed by atoms with Crippen LogP contribution in [0.4, 0.5) is 4.39 Å². The van der Waals surface area contributed by atoms with E-state index in [1.165, 1.54) is 41.5 Å². The Morgan fingerprint density at radius 2 is 1.90 bits per heavy atom. The van der Waals surface area contributed by atoms with Crippen LogP contribution in [0, 0.1) is 18.7 Å². The van der Waals surface area contributed by atoms with E-state index in [0.29, 0.717) is 43.3 Å². The first-order chi connectivity index (χ1) is 24.9. The number of carbonyl (C=O) groups is 4. The van der Waals surface area contributed by atoms with Gasteiger partial charge in [-0.1, -0.05) is 42.3 Å². The maximum Gasteiger partial charge on any atom is 0.274 e. The molecule has 2 aliphatic heterocycles. The van der Waals surface area contributed by atoms with E-state index in [2.05, 4.69) is 30.5 Å². The van der Waals surface area contributed by atoms with E-state index in [1.807, 2.05) is 6.08 Å². The molecule has 15 nitrogen and oxygen atoms in total. The van der Waals surface area contributed by atoms with Gasteiger partial charge in [-0.2, -0.15) is 0 Å². The first kappa shape index (κ1) is 35.2. The van der Waals surface area contributed by atoms with Gasteiger partial charge in [0.2, 0.25) is 27.7 Å². The summed E-state index contributed by atoms with van der Waals surface area (Å²) in [6.07, 6.45) is 11.0. The van der Waals surface area contributed by atoms with Crippen molar-refractivity contribution in [2.24, 2.45) is 5.92 Å².